The molecule has 25 heavy (non-hydrogen) atoms. The van der Waals surface area contributed by atoms with E-state index in [9.17, 15) is 22.7 Å². The average Bonchev–Trinajstić information content (AvgIpc) is 3.31. The standard InChI is InChI=1S/C16H16FN3O4S/c17-10-1-3-11(4-2-10)25(23,24)12-7-13(18)14(19-8-12)15(21)20-9-16(22)5-6-16/h1-4,7-8,22H,5-6,9,18H2,(H,20,21). The molecule has 1 aliphatic rings. The molecule has 1 aliphatic carbocycles. The van der Waals surface area contributed by atoms with E-state index in [2.05, 4.69) is 10.3 Å². The Hall–Kier alpha value is -2.52. The molecule has 1 aromatic carbocycles. The second-order valence-electron chi connectivity index (χ2n) is 5.97. The number of nitrogens with one attached hydrogen (secondary N) is 1. The number of rotatable bonds is 5. The first-order chi connectivity index (χ1) is 11.7. The van der Waals surface area contributed by atoms with E-state index >= 15 is 0 Å². The number of anilines is 1. The van der Waals surface area contributed by atoms with Crippen LogP contribution in [0.25, 0.3) is 0 Å². The van der Waals surface area contributed by atoms with Crippen molar-refractivity contribution < 1.29 is 22.7 Å². The van der Waals surface area contributed by atoms with Crippen LogP contribution in [-0.2, 0) is 9.84 Å². The Morgan fingerprint density at radius 2 is 1.92 bits per heavy atom. The van der Waals surface area contributed by atoms with Crippen LogP contribution in [0.1, 0.15) is 23.3 Å². The predicted molar refractivity (Wildman–Crippen MR) is 87.0 cm³/mol. The molecule has 9 heteroatoms. The Morgan fingerprint density at radius 3 is 2.48 bits per heavy atom. The van der Waals surface area contributed by atoms with E-state index in [0.29, 0.717) is 12.8 Å². The lowest BCUT2D eigenvalue weighted by Gasteiger charge is -2.11. The summed E-state index contributed by atoms with van der Waals surface area (Å²) < 4.78 is 37.9. The van der Waals surface area contributed by atoms with Gasteiger partial charge in [-0.2, -0.15) is 0 Å². The molecule has 0 aliphatic heterocycles. The first-order valence-electron chi connectivity index (χ1n) is 7.48. The Morgan fingerprint density at radius 1 is 1.28 bits per heavy atom. The fraction of sp³-hybridized carbons (Fsp3) is 0.250. The van der Waals surface area contributed by atoms with E-state index in [1.54, 1.807) is 0 Å². The number of nitrogens with two attached hydrogens (primary N) is 1. The third-order valence-electron chi connectivity index (χ3n) is 3.95. The van der Waals surface area contributed by atoms with E-state index in [4.69, 9.17) is 5.73 Å². The molecule has 4 N–H and O–H groups in total. The number of halogens is 1. The summed E-state index contributed by atoms with van der Waals surface area (Å²) in [7, 11) is -3.93. The Bertz CT molecular complexity index is 925. The zero-order valence-electron chi connectivity index (χ0n) is 13.1. The molecule has 132 valence electrons. The minimum absolute atomic E-state index is 0.0859. The van der Waals surface area contributed by atoms with Crippen LogP contribution in [0.3, 0.4) is 0 Å². The molecular weight excluding hydrogens is 349 g/mol. The molecule has 2 aromatic rings. The molecular formula is C16H16FN3O4S. The maximum atomic E-state index is 13.0. The van der Waals surface area contributed by atoms with Gasteiger partial charge in [0.15, 0.2) is 5.69 Å². The highest BCUT2D eigenvalue weighted by Gasteiger charge is 2.40. The van der Waals surface area contributed by atoms with Crippen molar-refractivity contribution in [3.05, 3.63) is 48.0 Å². The number of hydrogen-bond acceptors (Lipinski definition) is 6. The number of aliphatic hydroxyl groups is 1. The fourth-order valence-electron chi connectivity index (χ4n) is 2.20. The van der Waals surface area contributed by atoms with Crippen LogP contribution < -0.4 is 11.1 Å². The second kappa shape index (κ2) is 6.08. The summed E-state index contributed by atoms with van der Waals surface area (Å²) in [5, 5.41) is 12.2. The van der Waals surface area contributed by atoms with Crippen LogP contribution in [0.4, 0.5) is 10.1 Å². The van der Waals surface area contributed by atoms with Gasteiger partial charge in [-0.25, -0.2) is 17.8 Å². The van der Waals surface area contributed by atoms with Crippen molar-refractivity contribution in [1.82, 2.24) is 10.3 Å². The zero-order valence-corrected chi connectivity index (χ0v) is 13.9. The van der Waals surface area contributed by atoms with Gasteiger partial charge in [-0.15, -0.1) is 0 Å². The molecule has 1 heterocycles. The lowest BCUT2D eigenvalue weighted by atomic mass is 10.2. The molecule has 0 radical (unpaired) electrons. The highest BCUT2D eigenvalue weighted by molar-refractivity contribution is 7.91. The fourth-order valence-corrected chi connectivity index (χ4v) is 3.44. The minimum atomic E-state index is -3.93. The summed E-state index contributed by atoms with van der Waals surface area (Å²) in [6.07, 6.45) is 2.26. The third kappa shape index (κ3) is 3.62. The molecule has 1 aromatic heterocycles. The van der Waals surface area contributed by atoms with Gasteiger partial charge in [-0.05, 0) is 43.2 Å². The van der Waals surface area contributed by atoms with Gasteiger partial charge in [0.2, 0.25) is 9.84 Å². The van der Waals surface area contributed by atoms with Crippen molar-refractivity contribution in [1.29, 1.82) is 0 Å². The normalized spacial score (nSPS) is 15.6. The number of carbonyl (C=O) groups is 1. The summed E-state index contributed by atoms with van der Waals surface area (Å²) >= 11 is 0. The smallest absolute Gasteiger partial charge is 0.272 e. The maximum absolute atomic E-state index is 13.0. The number of carbonyl (C=O) groups excluding carboxylic acids is 1. The molecule has 0 spiro atoms. The van der Waals surface area contributed by atoms with E-state index < -0.39 is 27.2 Å². The molecule has 0 unspecified atom stereocenters. The van der Waals surface area contributed by atoms with Crippen LogP contribution in [0, 0.1) is 5.82 Å². The molecule has 1 saturated carbocycles. The van der Waals surface area contributed by atoms with Gasteiger partial charge in [-0.3, -0.25) is 4.79 Å². The van der Waals surface area contributed by atoms with Crippen molar-refractivity contribution in [2.24, 2.45) is 0 Å². The Kier molecular flexibility index (Phi) is 4.21. The Labute approximate surface area is 143 Å². The van der Waals surface area contributed by atoms with Gasteiger partial charge in [0.05, 0.1) is 21.1 Å². The van der Waals surface area contributed by atoms with Crippen molar-refractivity contribution >= 4 is 21.4 Å². The van der Waals surface area contributed by atoms with Gasteiger partial charge in [0, 0.05) is 12.7 Å². The van der Waals surface area contributed by atoms with Gasteiger partial charge in [-0.1, -0.05) is 0 Å². The topological polar surface area (TPSA) is 122 Å². The average molecular weight is 365 g/mol. The van der Waals surface area contributed by atoms with Crippen molar-refractivity contribution in [2.75, 3.05) is 12.3 Å². The molecule has 0 saturated heterocycles. The summed E-state index contributed by atoms with van der Waals surface area (Å²) in [4.78, 5) is 15.6. The van der Waals surface area contributed by atoms with Crippen LogP contribution in [0.15, 0.2) is 46.3 Å². The van der Waals surface area contributed by atoms with Crippen LogP contribution in [0.2, 0.25) is 0 Å². The zero-order chi connectivity index (χ0) is 18.2. The molecule has 0 atom stereocenters. The summed E-state index contributed by atoms with van der Waals surface area (Å²) in [6.45, 7) is 0.0859. The van der Waals surface area contributed by atoms with Crippen LogP contribution >= 0.6 is 0 Å². The highest BCUT2D eigenvalue weighted by Crippen LogP contribution is 2.34. The SMILES string of the molecule is Nc1cc(S(=O)(=O)c2ccc(F)cc2)cnc1C(=O)NCC1(O)CC1. The second-order valence-corrected chi connectivity index (χ2v) is 7.92. The van der Waals surface area contributed by atoms with Gasteiger partial charge in [0.1, 0.15) is 5.82 Å². The predicted octanol–water partition coefficient (Wildman–Crippen LogP) is 0.890. The first-order valence-corrected chi connectivity index (χ1v) is 8.96. The van der Waals surface area contributed by atoms with Gasteiger partial charge in [0.25, 0.3) is 5.91 Å². The molecule has 3 rings (SSSR count). The largest absolute Gasteiger partial charge is 0.397 e. The number of aromatic nitrogens is 1. The Balaban J connectivity index is 1.83. The molecule has 1 fully saturated rings. The molecule has 0 bridgehead atoms. The van der Waals surface area contributed by atoms with E-state index in [1.807, 2.05) is 0 Å². The van der Waals surface area contributed by atoms with Crippen molar-refractivity contribution in [3.8, 4) is 0 Å². The lowest BCUT2D eigenvalue weighted by Crippen LogP contribution is -2.34. The number of nitrogens with zero attached hydrogens (tertiary/aromatic N) is 1. The van der Waals surface area contributed by atoms with E-state index in [-0.39, 0.29) is 27.7 Å². The molecule has 7 nitrogen and oxygen atoms in total. The van der Waals surface area contributed by atoms with Crippen molar-refractivity contribution in [2.45, 2.75) is 28.2 Å². The summed E-state index contributed by atoms with van der Waals surface area (Å²) in [5.41, 5.74) is 4.67. The van der Waals surface area contributed by atoms with Gasteiger partial charge < -0.3 is 16.2 Å². The van der Waals surface area contributed by atoms with Crippen LogP contribution in [-0.4, -0.2) is 36.6 Å². The van der Waals surface area contributed by atoms with Crippen LogP contribution in [0.5, 0.6) is 0 Å². The quantitative estimate of drug-likeness (QED) is 0.677. The first kappa shape index (κ1) is 17.3. The number of benzene rings is 1. The summed E-state index contributed by atoms with van der Waals surface area (Å²) in [6, 6.07) is 5.48. The number of hydrogen-bond donors (Lipinski definition) is 3. The lowest BCUT2D eigenvalue weighted by molar-refractivity contribution is 0.0892. The van der Waals surface area contributed by atoms with E-state index in [1.165, 1.54) is 0 Å². The monoisotopic (exact) mass is 365 g/mol. The van der Waals surface area contributed by atoms with Gasteiger partial charge >= 0.3 is 0 Å². The molecule has 1 amide bonds. The van der Waals surface area contributed by atoms with Crippen molar-refractivity contribution in [3.63, 3.8) is 0 Å². The number of pyridine rings is 1. The maximum Gasteiger partial charge on any atom is 0.272 e. The number of sulfone groups is 1. The minimum Gasteiger partial charge on any atom is -0.397 e. The number of amides is 1. The highest BCUT2D eigenvalue weighted by atomic mass is 32.2. The number of nitrogen functional groups attached to an aromatic ring is 1. The summed E-state index contributed by atoms with van der Waals surface area (Å²) in [5.74, 6) is -1.15. The van der Waals surface area contributed by atoms with E-state index in [0.717, 1.165) is 36.5 Å². The third-order valence-corrected chi connectivity index (χ3v) is 5.68.